The number of hydrogen-bond donors (Lipinski definition) is 0. The Bertz CT molecular complexity index is 510. The summed E-state index contributed by atoms with van der Waals surface area (Å²) in [4.78, 5) is 10.9. The molecule has 3 heterocycles. The summed E-state index contributed by atoms with van der Waals surface area (Å²) in [6.45, 7) is 2.85. The average Bonchev–Trinajstić information content (AvgIpc) is 2.55. The molecule has 1 aliphatic rings. The first-order valence-corrected chi connectivity index (χ1v) is 7.11. The number of aromatic nitrogens is 2. The average molecular weight is 269 g/mol. The molecule has 1 aliphatic heterocycles. The zero-order valence-corrected chi connectivity index (χ0v) is 11.5. The highest BCUT2D eigenvalue weighted by molar-refractivity contribution is 5.37. The SMILES string of the molecule is c1ccc(OCC2CCN(c3ccccn3)CC2)nc1. The Kier molecular flexibility index (Phi) is 4.11. The molecule has 2 aromatic heterocycles. The molecule has 1 fully saturated rings. The molecule has 104 valence electrons. The maximum Gasteiger partial charge on any atom is 0.213 e. The second-order valence-corrected chi connectivity index (χ2v) is 5.10. The largest absolute Gasteiger partial charge is 0.477 e. The standard InChI is InChI=1S/C16H19N3O/c1-3-9-17-15(5-1)19-11-7-14(8-12-19)13-20-16-6-2-4-10-18-16/h1-6,9-10,14H,7-8,11-13H2. The maximum atomic E-state index is 5.74. The van der Waals surface area contributed by atoms with Gasteiger partial charge in [-0.15, -0.1) is 0 Å². The van der Waals surface area contributed by atoms with Crippen LogP contribution in [0.25, 0.3) is 0 Å². The lowest BCUT2D eigenvalue weighted by molar-refractivity contribution is 0.216. The Morgan fingerprint density at radius 2 is 1.75 bits per heavy atom. The van der Waals surface area contributed by atoms with Crippen LogP contribution in [0.2, 0.25) is 0 Å². The van der Waals surface area contributed by atoms with E-state index >= 15 is 0 Å². The van der Waals surface area contributed by atoms with Gasteiger partial charge in [0.2, 0.25) is 5.88 Å². The molecular formula is C16H19N3O. The number of nitrogens with zero attached hydrogens (tertiary/aromatic N) is 3. The van der Waals surface area contributed by atoms with E-state index in [-0.39, 0.29) is 0 Å². The van der Waals surface area contributed by atoms with Gasteiger partial charge in [-0.05, 0) is 37.0 Å². The van der Waals surface area contributed by atoms with Gasteiger partial charge in [-0.25, -0.2) is 9.97 Å². The van der Waals surface area contributed by atoms with Crippen molar-refractivity contribution >= 4 is 5.82 Å². The minimum Gasteiger partial charge on any atom is -0.477 e. The third kappa shape index (κ3) is 3.26. The van der Waals surface area contributed by atoms with E-state index in [0.29, 0.717) is 5.92 Å². The summed E-state index contributed by atoms with van der Waals surface area (Å²) in [5, 5.41) is 0. The first-order chi connectivity index (χ1) is 9.92. The van der Waals surface area contributed by atoms with Gasteiger partial charge in [0.15, 0.2) is 0 Å². The van der Waals surface area contributed by atoms with Crippen LogP contribution in [0.3, 0.4) is 0 Å². The topological polar surface area (TPSA) is 38.2 Å². The summed E-state index contributed by atoms with van der Waals surface area (Å²) < 4.78 is 5.74. The summed E-state index contributed by atoms with van der Waals surface area (Å²) in [7, 11) is 0. The maximum absolute atomic E-state index is 5.74. The molecule has 20 heavy (non-hydrogen) atoms. The fourth-order valence-corrected chi connectivity index (χ4v) is 2.51. The quantitative estimate of drug-likeness (QED) is 0.855. The van der Waals surface area contributed by atoms with Gasteiger partial charge in [0.25, 0.3) is 0 Å². The zero-order chi connectivity index (χ0) is 13.6. The van der Waals surface area contributed by atoms with Gasteiger partial charge >= 0.3 is 0 Å². The van der Waals surface area contributed by atoms with E-state index in [1.807, 2.05) is 36.5 Å². The zero-order valence-electron chi connectivity index (χ0n) is 11.5. The molecule has 0 bridgehead atoms. The van der Waals surface area contributed by atoms with E-state index in [1.165, 1.54) is 0 Å². The van der Waals surface area contributed by atoms with E-state index in [4.69, 9.17) is 4.74 Å². The Hall–Kier alpha value is -2.10. The van der Waals surface area contributed by atoms with Crippen molar-refractivity contribution in [3.63, 3.8) is 0 Å². The van der Waals surface area contributed by atoms with Crippen molar-refractivity contribution in [1.29, 1.82) is 0 Å². The van der Waals surface area contributed by atoms with Gasteiger partial charge in [0, 0.05) is 31.5 Å². The number of ether oxygens (including phenoxy) is 1. The highest BCUT2D eigenvalue weighted by Crippen LogP contribution is 2.22. The molecule has 2 aromatic rings. The molecule has 4 nitrogen and oxygen atoms in total. The predicted octanol–water partition coefficient (Wildman–Crippen LogP) is 2.77. The van der Waals surface area contributed by atoms with Crippen LogP contribution in [-0.2, 0) is 0 Å². The Balaban J connectivity index is 1.47. The lowest BCUT2D eigenvalue weighted by Crippen LogP contribution is -2.36. The Labute approximate surface area is 119 Å². The molecule has 3 rings (SSSR count). The summed E-state index contributed by atoms with van der Waals surface area (Å²) in [5.74, 6) is 2.41. The first-order valence-electron chi connectivity index (χ1n) is 7.11. The second-order valence-electron chi connectivity index (χ2n) is 5.10. The molecular weight excluding hydrogens is 250 g/mol. The fourth-order valence-electron chi connectivity index (χ4n) is 2.51. The van der Waals surface area contributed by atoms with Crippen LogP contribution >= 0.6 is 0 Å². The molecule has 0 N–H and O–H groups in total. The van der Waals surface area contributed by atoms with Crippen LogP contribution in [0.15, 0.2) is 48.8 Å². The normalized spacial score (nSPS) is 16.1. The van der Waals surface area contributed by atoms with Gasteiger partial charge in [0.1, 0.15) is 5.82 Å². The first kappa shape index (κ1) is 12.9. The predicted molar refractivity (Wildman–Crippen MR) is 78.9 cm³/mol. The Morgan fingerprint density at radius 1 is 1.00 bits per heavy atom. The van der Waals surface area contributed by atoms with Crippen LogP contribution in [0.5, 0.6) is 5.88 Å². The molecule has 1 saturated heterocycles. The number of pyridine rings is 2. The lowest BCUT2D eigenvalue weighted by Gasteiger charge is -2.32. The molecule has 4 heteroatoms. The molecule has 0 radical (unpaired) electrons. The fraction of sp³-hybridized carbons (Fsp3) is 0.375. The molecule has 0 aliphatic carbocycles. The molecule has 0 unspecified atom stereocenters. The second kappa shape index (κ2) is 6.37. The Morgan fingerprint density at radius 3 is 2.40 bits per heavy atom. The lowest BCUT2D eigenvalue weighted by atomic mass is 9.98. The summed E-state index contributed by atoms with van der Waals surface area (Å²) in [6.07, 6.45) is 5.90. The number of anilines is 1. The van der Waals surface area contributed by atoms with E-state index < -0.39 is 0 Å². The van der Waals surface area contributed by atoms with Crippen LogP contribution in [0.1, 0.15) is 12.8 Å². The van der Waals surface area contributed by atoms with Crippen molar-refractivity contribution in [2.24, 2.45) is 5.92 Å². The van der Waals surface area contributed by atoms with Crippen molar-refractivity contribution in [2.75, 3.05) is 24.6 Å². The summed E-state index contributed by atoms with van der Waals surface area (Å²) in [6, 6.07) is 11.8. The van der Waals surface area contributed by atoms with Gasteiger partial charge in [-0.3, -0.25) is 0 Å². The number of hydrogen-bond acceptors (Lipinski definition) is 4. The van der Waals surface area contributed by atoms with E-state index in [1.54, 1.807) is 6.20 Å². The van der Waals surface area contributed by atoms with Crippen LogP contribution in [0.4, 0.5) is 5.82 Å². The molecule has 0 aromatic carbocycles. The van der Waals surface area contributed by atoms with E-state index in [2.05, 4.69) is 20.9 Å². The third-order valence-corrected chi connectivity index (χ3v) is 3.69. The van der Waals surface area contributed by atoms with Gasteiger partial charge in [0.05, 0.1) is 6.61 Å². The van der Waals surface area contributed by atoms with Gasteiger partial charge in [-0.2, -0.15) is 0 Å². The van der Waals surface area contributed by atoms with Crippen molar-refractivity contribution in [3.8, 4) is 5.88 Å². The molecule has 0 atom stereocenters. The van der Waals surface area contributed by atoms with Crippen LogP contribution in [0, 0.1) is 5.92 Å². The van der Waals surface area contributed by atoms with Crippen LogP contribution < -0.4 is 9.64 Å². The van der Waals surface area contributed by atoms with E-state index in [0.717, 1.165) is 44.2 Å². The third-order valence-electron chi connectivity index (χ3n) is 3.69. The molecule has 0 saturated carbocycles. The highest BCUT2D eigenvalue weighted by Gasteiger charge is 2.20. The number of rotatable bonds is 4. The highest BCUT2D eigenvalue weighted by atomic mass is 16.5. The van der Waals surface area contributed by atoms with Crippen molar-refractivity contribution in [2.45, 2.75) is 12.8 Å². The minimum absolute atomic E-state index is 0.608. The van der Waals surface area contributed by atoms with Crippen molar-refractivity contribution in [1.82, 2.24) is 9.97 Å². The van der Waals surface area contributed by atoms with E-state index in [9.17, 15) is 0 Å². The van der Waals surface area contributed by atoms with Gasteiger partial charge < -0.3 is 9.64 Å². The van der Waals surface area contributed by atoms with Crippen LogP contribution in [-0.4, -0.2) is 29.7 Å². The molecule has 0 spiro atoms. The smallest absolute Gasteiger partial charge is 0.213 e. The van der Waals surface area contributed by atoms with Crippen molar-refractivity contribution < 1.29 is 4.74 Å². The van der Waals surface area contributed by atoms with Crippen molar-refractivity contribution in [3.05, 3.63) is 48.8 Å². The summed E-state index contributed by atoms with van der Waals surface area (Å²) in [5.41, 5.74) is 0. The van der Waals surface area contributed by atoms with Gasteiger partial charge in [-0.1, -0.05) is 12.1 Å². The number of piperidine rings is 1. The monoisotopic (exact) mass is 269 g/mol. The molecule has 0 amide bonds. The minimum atomic E-state index is 0.608. The summed E-state index contributed by atoms with van der Waals surface area (Å²) >= 11 is 0.